The predicted octanol–water partition coefficient (Wildman–Crippen LogP) is 5.01. The van der Waals surface area contributed by atoms with E-state index in [2.05, 4.69) is 39.4 Å². The third-order valence-electron chi connectivity index (χ3n) is 5.01. The number of amides is 1. The molecule has 0 saturated heterocycles. The first-order valence-electron chi connectivity index (χ1n) is 9.85. The summed E-state index contributed by atoms with van der Waals surface area (Å²) < 4.78 is 7.49. The molecule has 1 N–H and O–H groups in total. The fourth-order valence-corrected chi connectivity index (χ4v) is 3.62. The van der Waals surface area contributed by atoms with Crippen molar-refractivity contribution in [2.75, 3.05) is 7.11 Å². The molecule has 0 aliphatic rings. The van der Waals surface area contributed by atoms with Crippen LogP contribution in [0, 0.1) is 0 Å². The maximum absolute atomic E-state index is 12.3. The minimum absolute atomic E-state index is 0.126. The van der Waals surface area contributed by atoms with Crippen LogP contribution < -0.4 is 10.2 Å². The Morgan fingerprint density at radius 2 is 1.60 bits per heavy atom. The number of hydrogen-bond donors (Lipinski definition) is 1. The quantitative estimate of drug-likeness (QED) is 0.352. The highest BCUT2D eigenvalue weighted by molar-refractivity contribution is 6.08. The maximum Gasteiger partial charge on any atom is 0.241 e. The highest BCUT2D eigenvalue weighted by Gasteiger charge is 2.10. The molecular formula is C25H23N3O2. The number of aromatic nitrogens is 1. The van der Waals surface area contributed by atoms with E-state index >= 15 is 0 Å². The van der Waals surface area contributed by atoms with Gasteiger partial charge < -0.3 is 9.30 Å². The summed E-state index contributed by atoms with van der Waals surface area (Å²) >= 11 is 0. The summed E-state index contributed by atoms with van der Waals surface area (Å²) in [5.74, 6) is 0.663. The summed E-state index contributed by atoms with van der Waals surface area (Å²) in [5, 5.41) is 6.41. The van der Waals surface area contributed by atoms with Crippen LogP contribution in [0.15, 0.2) is 84.0 Å². The highest BCUT2D eigenvalue weighted by Crippen LogP contribution is 2.28. The molecular weight excluding hydrogens is 374 g/mol. The lowest BCUT2D eigenvalue weighted by Crippen LogP contribution is -2.19. The van der Waals surface area contributed by atoms with Crippen LogP contribution in [-0.4, -0.2) is 23.8 Å². The molecule has 0 fully saturated rings. The molecule has 4 rings (SSSR count). The summed E-state index contributed by atoms with van der Waals surface area (Å²) in [6.45, 7) is 0.590. The Labute approximate surface area is 175 Å². The SMILES string of the molecule is COc1ccccc1/C=C/C=N/NC(=O)CCn1c2ccccc2c2ccccc21. The minimum Gasteiger partial charge on any atom is -0.496 e. The largest absolute Gasteiger partial charge is 0.496 e. The summed E-state index contributed by atoms with van der Waals surface area (Å²) in [7, 11) is 1.64. The number of para-hydroxylation sites is 3. The summed E-state index contributed by atoms with van der Waals surface area (Å²) in [6, 6.07) is 24.3. The van der Waals surface area contributed by atoms with Crippen molar-refractivity contribution in [3.63, 3.8) is 0 Å². The Bertz CT molecular complexity index is 1180. The number of methoxy groups -OCH3 is 1. The number of carbonyl (C=O) groups excluding carboxylic acids is 1. The van der Waals surface area contributed by atoms with Gasteiger partial charge in [0.2, 0.25) is 5.91 Å². The van der Waals surface area contributed by atoms with Gasteiger partial charge >= 0.3 is 0 Å². The Kier molecular flexibility index (Phi) is 5.90. The number of allylic oxidation sites excluding steroid dienone is 1. The summed E-state index contributed by atoms with van der Waals surface area (Å²) in [5.41, 5.74) is 5.81. The van der Waals surface area contributed by atoms with Gasteiger partial charge in [-0.2, -0.15) is 5.10 Å². The number of rotatable bonds is 7. The Balaban J connectivity index is 1.38. The highest BCUT2D eigenvalue weighted by atomic mass is 16.5. The molecule has 0 aliphatic carbocycles. The van der Waals surface area contributed by atoms with Crippen molar-refractivity contribution in [1.82, 2.24) is 9.99 Å². The Morgan fingerprint density at radius 1 is 0.967 bits per heavy atom. The lowest BCUT2D eigenvalue weighted by atomic mass is 10.2. The molecule has 1 amide bonds. The average molecular weight is 397 g/mol. The zero-order valence-corrected chi connectivity index (χ0v) is 16.8. The van der Waals surface area contributed by atoms with E-state index in [1.54, 1.807) is 19.4 Å². The van der Waals surface area contributed by atoms with Crippen molar-refractivity contribution in [3.05, 3.63) is 84.4 Å². The summed E-state index contributed by atoms with van der Waals surface area (Å²) in [6.07, 6.45) is 5.55. The van der Waals surface area contributed by atoms with Gasteiger partial charge in [0.1, 0.15) is 5.75 Å². The second kappa shape index (κ2) is 9.09. The van der Waals surface area contributed by atoms with E-state index in [0.717, 1.165) is 22.3 Å². The topological polar surface area (TPSA) is 55.6 Å². The van der Waals surface area contributed by atoms with Crippen LogP contribution in [0.4, 0.5) is 0 Å². The van der Waals surface area contributed by atoms with Gasteiger partial charge in [0, 0.05) is 46.5 Å². The normalized spacial score (nSPS) is 11.6. The molecule has 1 aromatic heterocycles. The first-order valence-corrected chi connectivity index (χ1v) is 9.85. The Hall–Kier alpha value is -3.86. The summed E-state index contributed by atoms with van der Waals surface area (Å²) in [4.78, 5) is 12.3. The van der Waals surface area contributed by atoms with Crippen molar-refractivity contribution >= 4 is 40.0 Å². The molecule has 1 heterocycles. The van der Waals surface area contributed by atoms with Crippen LogP contribution in [0.3, 0.4) is 0 Å². The molecule has 0 atom stereocenters. The van der Waals surface area contributed by atoms with Crippen molar-refractivity contribution in [1.29, 1.82) is 0 Å². The van der Waals surface area contributed by atoms with Crippen molar-refractivity contribution in [3.8, 4) is 5.75 Å². The number of fused-ring (bicyclic) bond motifs is 3. The molecule has 4 aromatic rings. The van der Waals surface area contributed by atoms with Crippen LogP contribution in [0.25, 0.3) is 27.9 Å². The van der Waals surface area contributed by atoms with Crippen LogP contribution >= 0.6 is 0 Å². The monoisotopic (exact) mass is 397 g/mol. The molecule has 0 radical (unpaired) electrons. The second-order valence-corrected chi connectivity index (χ2v) is 6.85. The first-order chi connectivity index (χ1) is 14.8. The van der Waals surface area contributed by atoms with Gasteiger partial charge in [-0.25, -0.2) is 5.43 Å². The van der Waals surface area contributed by atoms with Gasteiger partial charge in [-0.15, -0.1) is 0 Å². The minimum atomic E-state index is -0.126. The standard InChI is InChI=1S/C25H23N3O2/c1-30-24-15-7-2-9-19(24)10-8-17-26-27-25(29)16-18-28-22-13-5-3-11-20(22)21-12-4-6-14-23(21)28/h2-15,17H,16,18H2,1H3,(H,27,29)/b10-8+,26-17+. The molecule has 0 unspecified atom stereocenters. The molecule has 0 saturated carbocycles. The number of hydrazone groups is 1. The van der Waals surface area contributed by atoms with Crippen LogP contribution in [0.5, 0.6) is 5.75 Å². The lowest BCUT2D eigenvalue weighted by molar-refractivity contribution is -0.121. The van der Waals surface area contributed by atoms with E-state index < -0.39 is 0 Å². The molecule has 3 aromatic carbocycles. The van der Waals surface area contributed by atoms with Crippen molar-refractivity contribution < 1.29 is 9.53 Å². The van der Waals surface area contributed by atoms with Gasteiger partial charge in [-0.3, -0.25) is 4.79 Å². The van der Waals surface area contributed by atoms with E-state index in [1.807, 2.05) is 54.6 Å². The molecule has 0 aliphatic heterocycles. The third kappa shape index (κ3) is 4.10. The molecule has 5 heteroatoms. The number of carbonyl (C=O) groups is 1. The average Bonchev–Trinajstić information content (AvgIpc) is 3.11. The number of nitrogens with zero attached hydrogens (tertiary/aromatic N) is 2. The molecule has 0 spiro atoms. The number of benzene rings is 3. The maximum atomic E-state index is 12.3. The molecule has 150 valence electrons. The number of nitrogens with one attached hydrogen (secondary N) is 1. The van der Waals surface area contributed by atoms with Crippen molar-refractivity contribution in [2.24, 2.45) is 5.10 Å². The smallest absolute Gasteiger partial charge is 0.241 e. The van der Waals surface area contributed by atoms with Crippen LogP contribution in [0.1, 0.15) is 12.0 Å². The lowest BCUT2D eigenvalue weighted by Gasteiger charge is -2.06. The fraction of sp³-hybridized carbons (Fsp3) is 0.120. The third-order valence-corrected chi connectivity index (χ3v) is 5.01. The van der Waals surface area contributed by atoms with E-state index in [-0.39, 0.29) is 5.91 Å². The molecule has 5 nitrogen and oxygen atoms in total. The number of hydrogen-bond acceptors (Lipinski definition) is 3. The van der Waals surface area contributed by atoms with E-state index in [0.29, 0.717) is 13.0 Å². The Morgan fingerprint density at radius 3 is 2.30 bits per heavy atom. The van der Waals surface area contributed by atoms with E-state index in [1.165, 1.54) is 10.8 Å². The zero-order chi connectivity index (χ0) is 20.8. The van der Waals surface area contributed by atoms with E-state index in [4.69, 9.17) is 4.74 Å². The van der Waals surface area contributed by atoms with Gasteiger partial charge in [-0.05, 0) is 30.4 Å². The molecule has 30 heavy (non-hydrogen) atoms. The van der Waals surface area contributed by atoms with Crippen LogP contribution in [-0.2, 0) is 11.3 Å². The van der Waals surface area contributed by atoms with Crippen LogP contribution in [0.2, 0.25) is 0 Å². The number of ether oxygens (including phenoxy) is 1. The molecule has 0 bridgehead atoms. The van der Waals surface area contributed by atoms with Crippen molar-refractivity contribution in [2.45, 2.75) is 13.0 Å². The fourth-order valence-electron chi connectivity index (χ4n) is 3.62. The zero-order valence-electron chi connectivity index (χ0n) is 16.8. The van der Waals surface area contributed by atoms with Gasteiger partial charge in [0.05, 0.1) is 7.11 Å². The van der Waals surface area contributed by atoms with Gasteiger partial charge in [-0.1, -0.05) is 54.6 Å². The van der Waals surface area contributed by atoms with Gasteiger partial charge in [0.15, 0.2) is 0 Å². The predicted molar refractivity (Wildman–Crippen MR) is 123 cm³/mol. The second-order valence-electron chi connectivity index (χ2n) is 6.85. The van der Waals surface area contributed by atoms with E-state index in [9.17, 15) is 4.79 Å². The van der Waals surface area contributed by atoms with Gasteiger partial charge in [0.25, 0.3) is 0 Å². The number of aryl methyl sites for hydroxylation is 1. The first kappa shape index (κ1) is 19.5.